The molecule has 2 unspecified atom stereocenters. The van der Waals surface area contributed by atoms with Crippen LogP contribution in [0.5, 0.6) is 0 Å². The van der Waals surface area contributed by atoms with Gasteiger partial charge in [0.15, 0.2) is 12.6 Å². The minimum absolute atomic E-state index is 0.183. The van der Waals surface area contributed by atoms with E-state index in [2.05, 4.69) is 0 Å². The van der Waals surface area contributed by atoms with E-state index in [1.165, 1.54) is 0 Å². The van der Waals surface area contributed by atoms with E-state index in [1.54, 1.807) is 0 Å². The highest BCUT2D eigenvalue weighted by Gasteiger charge is 2.30. The second-order valence-corrected chi connectivity index (χ2v) is 3.45. The van der Waals surface area contributed by atoms with Crippen LogP contribution in [-0.4, -0.2) is 38.5 Å². The summed E-state index contributed by atoms with van der Waals surface area (Å²) in [6, 6.07) is 0. The summed E-state index contributed by atoms with van der Waals surface area (Å²) in [5.74, 6) is 0. The molecule has 0 spiro atoms. The second-order valence-electron chi connectivity index (χ2n) is 3.45. The Morgan fingerprint density at radius 3 is 1.73 bits per heavy atom. The van der Waals surface area contributed by atoms with Gasteiger partial charge < -0.3 is 18.9 Å². The molecule has 4 heteroatoms. The highest BCUT2D eigenvalue weighted by atomic mass is 16.8. The number of ether oxygens (including phenoxy) is 4. The van der Waals surface area contributed by atoms with Gasteiger partial charge in [0, 0.05) is 32.7 Å². The van der Waals surface area contributed by atoms with Gasteiger partial charge >= 0.3 is 0 Å². The van der Waals surface area contributed by atoms with Crippen molar-refractivity contribution in [3.05, 3.63) is 0 Å². The van der Waals surface area contributed by atoms with Gasteiger partial charge in [-0.3, -0.25) is 0 Å². The lowest BCUT2D eigenvalue weighted by molar-refractivity contribution is -0.285. The molecule has 1 rings (SSSR count). The van der Waals surface area contributed by atoms with Crippen LogP contribution < -0.4 is 0 Å². The van der Waals surface area contributed by atoms with Gasteiger partial charge in [-0.2, -0.15) is 0 Å². The quantitative estimate of drug-likeness (QED) is 0.682. The molecule has 90 valence electrons. The molecule has 4 nitrogen and oxygen atoms in total. The van der Waals surface area contributed by atoms with Gasteiger partial charge in [-0.1, -0.05) is 0 Å². The smallest absolute Gasteiger partial charge is 0.163 e. The fourth-order valence-electron chi connectivity index (χ4n) is 1.76. The SMILES string of the molecule is CCOC1CC(OCC)OC(OCC)C1. The lowest BCUT2D eigenvalue weighted by Gasteiger charge is -2.34. The van der Waals surface area contributed by atoms with E-state index in [0.717, 1.165) is 19.4 Å². The largest absolute Gasteiger partial charge is 0.378 e. The zero-order valence-electron chi connectivity index (χ0n) is 9.90. The molecule has 1 aliphatic rings. The average molecular weight is 218 g/mol. The molecule has 0 amide bonds. The third-order valence-corrected chi connectivity index (χ3v) is 2.32. The molecule has 2 atom stereocenters. The van der Waals surface area contributed by atoms with Crippen LogP contribution in [0.25, 0.3) is 0 Å². The lowest BCUT2D eigenvalue weighted by Crippen LogP contribution is -2.39. The van der Waals surface area contributed by atoms with E-state index in [1.807, 2.05) is 20.8 Å². The summed E-state index contributed by atoms with van der Waals surface area (Å²) in [6.07, 6.45) is 1.42. The molecule has 0 N–H and O–H groups in total. The summed E-state index contributed by atoms with van der Waals surface area (Å²) in [7, 11) is 0. The topological polar surface area (TPSA) is 36.9 Å². The maximum Gasteiger partial charge on any atom is 0.163 e. The molecule has 1 fully saturated rings. The van der Waals surface area contributed by atoms with Crippen molar-refractivity contribution in [3.63, 3.8) is 0 Å². The first kappa shape index (κ1) is 12.9. The molecular weight excluding hydrogens is 196 g/mol. The van der Waals surface area contributed by atoms with Gasteiger partial charge in [0.05, 0.1) is 6.10 Å². The summed E-state index contributed by atoms with van der Waals surface area (Å²) >= 11 is 0. The Bertz CT molecular complexity index is 128. The van der Waals surface area contributed by atoms with Gasteiger partial charge in [-0.15, -0.1) is 0 Å². The van der Waals surface area contributed by atoms with Crippen LogP contribution in [0, 0.1) is 0 Å². The van der Waals surface area contributed by atoms with E-state index < -0.39 is 0 Å². The highest BCUT2D eigenvalue weighted by molar-refractivity contribution is 4.69. The first-order chi connectivity index (χ1) is 7.30. The number of hydrogen-bond acceptors (Lipinski definition) is 4. The van der Waals surface area contributed by atoms with Crippen molar-refractivity contribution in [2.45, 2.75) is 52.3 Å². The summed E-state index contributed by atoms with van der Waals surface area (Å²) in [6.45, 7) is 7.96. The fourth-order valence-corrected chi connectivity index (χ4v) is 1.76. The van der Waals surface area contributed by atoms with Crippen molar-refractivity contribution in [2.75, 3.05) is 19.8 Å². The van der Waals surface area contributed by atoms with Crippen molar-refractivity contribution in [1.82, 2.24) is 0 Å². The van der Waals surface area contributed by atoms with E-state index in [9.17, 15) is 0 Å². The first-order valence-corrected chi connectivity index (χ1v) is 5.80. The average Bonchev–Trinajstić information content (AvgIpc) is 2.19. The van der Waals surface area contributed by atoms with Crippen molar-refractivity contribution >= 4 is 0 Å². The van der Waals surface area contributed by atoms with Crippen molar-refractivity contribution < 1.29 is 18.9 Å². The van der Waals surface area contributed by atoms with Crippen LogP contribution in [0.4, 0.5) is 0 Å². The molecule has 1 saturated heterocycles. The van der Waals surface area contributed by atoms with Crippen LogP contribution in [-0.2, 0) is 18.9 Å². The van der Waals surface area contributed by atoms with Gasteiger partial charge in [0.1, 0.15) is 0 Å². The van der Waals surface area contributed by atoms with Gasteiger partial charge in [-0.05, 0) is 20.8 Å². The Labute approximate surface area is 91.8 Å². The van der Waals surface area contributed by atoms with E-state index in [-0.39, 0.29) is 18.7 Å². The van der Waals surface area contributed by atoms with Crippen LogP contribution in [0.1, 0.15) is 33.6 Å². The zero-order valence-corrected chi connectivity index (χ0v) is 9.90. The predicted molar refractivity (Wildman–Crippen MR) is 56.6 cm³/mol. The summed E-state index contributed by atoms with van der Waals surface area (Å²) in [5.41, 5.74) is 0. The van der Waals surface area contributed by atoms with Gasteiger partial charge in [0.2, 0.25) is 0 Å². The summed E-state index contributed by atoms with van der Waals surface area (Å²) < 4.78 is 22.1. The molecule has 0 aromatic heterocycles. The van der Waals surface area contributed by atoms with Crippen LogP contribution in [0.3, 0.4) is 0 Å². The number of rotatable bonds is 6. The minimum Gasteiger partial charge on any atom is -0.378 e. The first-order valence-electron chi connectivity index (χ1n) is 5.80. The van der Waals surface area contributed by atoms with Gasteiger partial charge in [0.25, 0.3) is 0 Å². The fraction of sp³-hybridized carbons (Fsp3) is 1.00. The minimum atomic E-state index is -0.183. The van der Waals surface area contributed by atoms with Crippen LogP contribution in [0.15, 0.2) is 0 Å². The molecule has 0 bridgehead atoms. The molecule has 1 aliphatic heterocycles. The van der Waals surface area contributed by atoms with Crippen LogP contribution >= 0.6 is 0 Å². The third kappa shape index (κ3) is 4.47. The van der Waals surface area contributed by atoms with Gasteiger partial charge in [-0.25, -0.2) is 0 Å². The van der Waals surface area contributed by atoms with Crippen LogP contribution in [0.2, 0.25) is 0 Å². The van der Waals surface area contributed by atoms with Crippen molar-refractivity contribution in [3.8, 4) is 0 Å². The molecule has 15 heavy (non-hydrogen) atoms. The molecule has 0 aromatic rings. The standard InChI is InChI=1S/C11H22O4/c1-4-12-9-7-10(13-5-2)15-11(8-9)14-6-3/h9-11H,4-8H2,1-3H3. The number of hydrogen-bond donors (Lipinski definition) is 0. The van der Waals surface area contributed by atoms with Crippen molar-refractivity contribution in [1.29, 1.82) is 0 Å². The Morgan fingerprint density at radius 2 is 1.33 bits per heavy atom. The molecule has 1 heterocycles. The maximum absolute atomic E-state index is 5.62. The van der Waals surface area contributed by atoms with Crippen molar-refractivity contribution in [2.24, 2.45) is 0 Å². The summed E-state index contributed by atoms with van der Waals surface area (Å²) in [4.78, 5) is 0. The van der Waals surface area contributed by atoms with E-state index in [4.69, 9.17) is 18.9 Å². The second kappa shape index (κ2) is 7.17. The summed E-state index contributed by atoms with van der Waals surface area (Å²) in [5, 5.41) is 0. The Balaban J connectivity index is 2.40. The normalized spacial score (nSPS) is 31.8. The maximum atomic E-state index is 5.62. The third-order valence-electron chi connectivity index (χ3n) is 2.32. The molecule has 0 aromatic carbocycles. The Hall–Kier alpha value is -0.160. The van der Waals surface area contributed by atoms with E-state index >= 15 is 0 Å². The molecule has 0 radical (unpaired) electrons. The lowest BCUT2D eigenvalue weighted by atomic mass is 10.1. The Kier molecular flexibility index (Phi) is 6.17. The molecule has 0 saturated carbocycles. The monoisotopic (exact) mass is 218 g/mol. The highest BCUT2D eigenvalue weighted by Crippen LogP contribution is 2.23. The Morgan fingerprint density at radius 1 is 0.867 bits per heavy atom. The predicted octanol–water partition coefficient (Wildman–Crippen LogP) is 1.93. The van der Waals surface area contributed by atoms with E-state index in [0.29, 0.717) is 13.2 Å². The molecular formula is C11H22O4. The molecule has 0 aliphatic carbocycles. The zero-order chi connectivity index (χ0) is 11.1.